The first-order valence-electron chi connectivity index (χ1n) is 9.61. The number of aliphatic hydroxyl groups is 1. The molecule has 1 unspecified atom stereocenters. The predicted molar refractivity (Wildman–Crippen MR) is 100 cm³/mol. The van der Waals surface area contributed by atoms with Gasteiger partial charge < -0.3 is 26.7 Å². The molecule has 25 heavy (non-hydrogen) atoms. The number of quaternary nitrogens is 1. The molecule has 1 N–H and O–H groups in total. The van der Waals surface area contributed by atoms with Gasteiger partial charge in [0.1, 0.15) is 5.75 Å². The first-order chi connectivity index (χ1) is 11.3. The van der Waals surface area contributed by atoms with E-state index in [0.29, 0.717) is 5.92 Å². The van der Waals surface area contributed by atoms with Gasteiger partial charge in [0, 0.05) is 6.42 Å². The maximum absolute atomic E-state index is 11.7. The molecule has 0 aromatic heterocycles. The number of hydrogen-bond acceptors (Lipinski definition) is 2. The molecule has 1 saturated carbocycles. The summed E-state index contributed by atoms with van der Waals surface area (Å²) in [5, 5.41) is 11.7. The topological polar surface area (TPSA) is 29.5 Å². The Hall–Kier alpha value is -0.770. The molecule has 0 radical (unpaired) electrons. The van der Waals surface area contributed by atoms with E-state index in [4.69, 9.17) is 4.74 Å². The molecule has 0 spiro atoms. The minimum absolute atomic E-state index is 0. The summed E-state index contributed by atoms with van der Waals surface area (Å²) in [6.07, 6.45) is 7.91. The van der Waals surface area contributed by atoms with Crippen LogP contribution in [0, 0.1) is 5.92 Å². The third-order valence-electron chi connectivity index (χ3n) is 5.27. The minimum atomic E-state index is -0.713. The molecule has 1 aliphatic rings. The Bertz CT molecular complexity index is 492. The summed E-state index contributed by atoms with van der Waals surface area (Å²) in [5.41, 5.74) is 0.349. The zero-order valence-corrected chi connectivity index (χ0v) is 17.2. The summed E-state index contributed by atoms with van der Waals surface area (Å²) in [7, 11) is 6.59. The second kappa shape index (κ2) is 9.80. The maximum Gasteiger partial charge on any atom is 0.119 e. The van der Waals surface area contributed by atoms with Gasteiger partial charge in [0.2, 0.25) is 0 Å². The fourth-order valence-corrected chi connectivity index (χ4v) is 3.73. The summed E-state index contributed by atoms with van der Waals surface area (Å²) >= 11 is 0. The van der Waals surface area contributed by atoms with Crippen molar-refractivity contribution in [3.63, 3.8) is 0 Å². The van der Waals surface area contributed by atoms with Crippen molar-refractivity contribution in [3.8, 4) is 5.75 Å². The molecule has 1 aromatic rings. The molecule has 3 nitrogen and oxygen atoms in total. The van der Waals surface area contributed by atoms with Gasteiger partial charge >= 0.3 is 0 Å². The molecular weight excluding hydrogens is 334 g/mol. The van der Waals surface area contributed by atoms with E-state index in [2.05, 4.69) is 40.2 Å². The molecule has 0 amide bonds. The summed E-state index contributed by atoms with van der Waals surface area (Å²) in [4.78, 5) is 0. The van der Waals surface area contributed by atoms with Crippen LogP contribution in [0.1, 0.15) is 57.4 Å². The summed E-state index contributed by atoms with van der Waals surface area (Å²) in [5.74, 6) is 1.28. The van der Waals surface area contributed by atoms with Crippen molar-refractivity contribution in [2.45, 2.75) is 57.5 Å². The largest absolute Gasteiger partial charge is 1.00 e. The zero-order chi connectivity index (χ0) is 17.6. The zero-order valence-electron chi connectivity index (χ0n) is 16.4. The van der Waals surface area contributed by atoms with Crippen LogP contribution in [0.15, 0.2) is 24.3 Å². The highest BCUT2D eigenvalue weighted by Gasteiger charge is 2.39. The first-order valence-corrected chi connectivity index (χ1v) is 9.61. The van der Waals surface area contributed by atoms with Gasteiger partial charge in [-0.05, 0) is 42.9 Å². The van der Waals surface area contributed by atoms with Crippen molar-refractivity contribution < 1.29 is 26.7 Å². The van der Waals surface area contributed by atoms with Crippen LogP contribution in [0.25, 0.3) is 0 Å². The summed E-state index contributed by atoms with van der Waals surface area (Å²) < 4.78 is 6.58. The lowest BCUT2D eigenvalue weighted by Gasteiger charge is -2.40. The Labute approximate surface area is 160 Å². The van der Waals surface area contributed by atoms with Crippen molar-refractivity contribution in [1.29, 1.82) is 0 Å². The number of rotatable bonds is 8. The highest BCUT2D eigenvalue weighted by atomic mass is 35.5. The number of halogens is 1. The standard InChI is InChI=1S/C21H36NO2.ClH/c1-5-17-24-20-13-11-19(12-14-20)21(23,15-16-22(2,3)4)18-9-7-6-8-10-18;/h11-14,18,23H,5-10,15-17H2,1-4H3;1H/q+1;/p-1. The molecular formula is C21H36ClNO2. The van der Waals surface area contributed by atoms with Crippen molar-refractivity contribution in [2.75, 3.05) is 34.3 Å². The SMILES string of the molecule is CCCOc1ccc(C(O)(CC[N+](C)(C)C)C2CCCCC2)cc1.[Cl-]. The fourth-order valence-electron chi connectivity index (χ4n) is 3.73. The van der Waals surface area contributed by atoms with Gasteiger partial charge in [0.25, 0.3) is 0 Å². The maximum atomic E-state index is 11.7. The summed E-state index contributed by atoms with van der Waals surface area (Å²) in [6, 6.07) is 8.19. The molecule has 1 atom stereocenters. The van der Waals surface area contributed by atoms with Crippen LogP contribution in [0.5, 0.6) is 5.75 Å². The van der Waals surface area contributed by atoms with Crippen LogP contribution < -0.4 is 17.1 Å². The van der Waals surface area contributed by atoms with Crippen molar-refractivity contribution in [1.82, 2.24) is 0 Å². The molecule has 2 rings (SSSR count). The van der Waals surface area contributed by atoms with E-state index in [1.807, 2.05) is 12.1 Å². The van der Waals surface area contributed by atoms with Gasteiger partial charge in [-0.3, -0.25) is 0 Å². The minimum Gasteiger partial charge on any atom is -1.00 e. The van der Waals surface area contributed by atoms with Crippen LogP contribution in [0.3, 0.4) is 0 Å². The molecule has 144 valence electrons. The average Bonchev–Trinajstić information content (AvgIpc) is 2.58. The molecule has 4 heteroatoms. The van der Waals surface area contributed by atoms with Gasteiger partial charge in [-0.2, -0.15) is 0 Å². The second-order valence-corrected chi connectivity index (χ2v) is 8.40. The number of benzene rings is 1. The quantitative estimate of drug-likeness (QED) is 0.701. The normalized spacial score (nSPS) is 18.3. The van der Waals surface area contributed by atoms with E-state index in [9.17, 15) is 5.11 Å². The number of hydrogen-bond donors (Lipinski definition) is 1. The smallest absolute Gasteiger partial charge is 0.119 e. The number of nitrogens with zero attached hydrogens (tertiary/aromatic N) is 1. The van der Waals surface area contributed by atoms with Gasteiger partial charge in [0.05, 0.1) is 39.9 Å². The van der Waals surface area contributed by atoms with Crippen molar-refractivity contribution in [2.24, 2.45) is 5.92 Å². The molecule has 0 bridgehead atoms. The Morgan fingerprint density at radius 2 is 1.68 bits per heavy atom. The Morgan fingerprint density at radius 3 is 2.20 bits per heavy atom. The lowest BCUT2D eigenvalue weighted by atomic mass is 9.71. The van der Waals surface area contributed by atoms with Crippen molar-refractivity contribution >= 4 is 0 Å². The Balaban J connectivity index is 0.00000312. The molecule has 0 aliphatic heterocycles. The van der Waals surface area contributed by atoms with E-state index in [-0.39, 0.29) is 12.4 Å². The van der Waals surface area contributed by atoms with Crippen molar-refractivity contribution in [3.05, 3.63) is 29.8 Å². The van der Waals surface area contributed by atoms with Gasteiger partial charge in [-0.25, -0.2) is 0 Å². The van der Waals surface area contributed by atoms with Gasteiger partial charge in [-0.1, -0.05) is 38.3 Å². The first kappa shape index (κ1) is 22.3. The lowest BCUT2D eigenvalue weighted by molar-refractivity contribution is -0.871. The monoisotopic (exact) mass is 369 g/mol. The molecule has 1 aliphatic carbocycles. The van der Waals surface area contributed by atoms with Crippen LogP contribution in [0.4, 0.5) is 0 Å². The van der Waals surface area contributed by atoms with E-state index < -0.39 is 5.60 Å². The molecule has 0 saturated heterocycles. The summed E-state index contributed by atoms with van der Waals surface area (Å²) in [6.45, 7) is 3.83. The Morgan fingerprint density at radius 1 is 1.08 bits per heavy atom. The van der Waals surface area contributed by atoms with Crippen LogP contribution in [-0.4, -0.2) is 43.9 Å². The van der Waals surface area contributed by atoms with Gasteiger partial charge in [-0.15, -0.1) is 0 Å². The van der Waals surface area contributed by atoms with Gasteiger partial charge in [0.15, 0.2) is 0 Å². The van der Waals surface area contributed by atoms with E-state index in [1.54, 1.807) is 0 Å². The Kier molecular flexibility index (Phi) is 8.73. The molecule has 0 heterocycles. The van der Waals surface area contributed by atoms with Crippen LogP contribution in [0.2, 0.25) is 0 Å². The highest BCUT2D eigenvalue weighted by Crippen LogP contribution is 2.42. The predicted octanol–water partition coefficient (Wildman–Crippen LogP) is 1.34. The molecule has 1 fully saturated rings. The van der Waals surface area contributed by atoms with E-state index in [0.717, 1.165) is 54.6 Å². The number of ether oxygens (including phenoxy) is 1. The van der Waals surface area contributed by atoms with E-state index in [1.165, 1.54) is 19.3 Å². The third-order valence-corrected chi connectivity index (χ3v) is 5.27. The lowest BCUT2D eigenvalue weighted by Crippen LogP contribution is -3.00. The second-order valence-electron chi connectivity index (χ2n) is 8.40. The highest BCUT2D eigenvalue weighted by molar-refractivity contribution is 5.31. The fraction of sp³-hybridized carbons (Fsp3) is 0.714. The van der Waals surface area contributed by atoms with Crippen LogP contribution in [-0.2, 0) is 5.60 Å². The molecule has 1 aromatic carbocycles. The van der Waals surface area contributed by atoms with Crippen LogP contribution >= 0.6 is 0 Å². The third kappa shape index (κ3) is 6.47. The van der Waals surface area contributed by atoms with E-state index >= 15 is 0 Å². The average molecular weight is 370 g/mol.